The summed E-state index contributed by atoms with van der Waals surface area (Å²) in [5.41, 5.74) is -0.656. The Balaban J connectivity index is 1.38. The number of nitrogens with one attached hydrogen (secondary N) is 1. The molecule has 0 unspecified atom stereocenters. The number of carbonyl (C=O) groups excluding carboxylic acids is 1. The summed E-state index contributed by atoms with van der Waals surface area (Å²) < 4.78 is 0. The fraction of sp³-hybridized carbons (Fsp3) is 0.867. The first kappa shape index (κ1) is 12.5. The standard InChI is InChI=1S/C15H22N2O3/c18-13(19)15-5-1-2-10(15)7-17(8-15)14(20)16-12-6-11(12)9-3-4-9/h9-12H,1-8H2,(H,16,20)(H,18,19)/t10-,11-,12+,15+/m0/s1. The number of fused-ring (bicyclic) bond motifs is 1. The molecule has 1 saturated heterocycles. The Bertz CT molecular complexity index is 462. The maximum absolute atomic E-state index is 12.3. The Morgan fingerprint density at radius 2 is 2.05 bits per heavy atom. The molecule has 4 fully saturated rings. The summed E-state index contributed by atoms with van der Waals surface area (Å²) in [7, 11) is 0. The van der Waals surface area contributed by atoms with Gasteiger partial charge in [-0.2, -0.15) is 0 Å². The van der Waals surface area contributed by atoms with Crippen molar-refractivity contribution in [1.82, 2.24) is 10.2 Å². The lowest BCUT2D eigenvalue weighted by atomic mass is 9.81. The van der Waals surface area contributed by atoms with Crippen molar-refractivity contribution in [2.24, 2.45) is 23.2 Å². The highest BCUT2D eigenvalue weighted by Crippen LogP contribution is 2.51. The van der Waals surface area contributed by atoms with E-state index < -0.39 is 11.4 Å². The lowest BCUT2D eigenvalue weighted by molar-refractivity contribution is -0.149. The van der Waals surface area contributed by atoms with Crippen LogP contribution >= 0.6 is 0 Å². The second-order valence-corrected chi connectivity index (χ2v) is 7.22. The van der Waals surface area contributed by atoms with Crippen molar-refractivity contribution in [3.8, 4) is 0 Å². The molecule has 0 radical (unpaired) electrons. The van der Waals surface area contributed by atoms with Gasteiger partial charge >= 0.3 is 12.0 Å². The third-order valence-corrected chi connectivity index (χ3v) is 5.96. The van der Waals surface area contributed by atoms with Crippen molar-refractivity contribution in [3.63, 3.8) is 0 Å². The molecule has 5 heteroatoms. The number of rotatable bonds is 3. The van der Waals surface area contributed by atoms with Gasteiger partial charge in [0.25, 0.3) is 0 Å². The molecule has 1 heterocycles. The summed E-state index contributed by atoms with van der Waals surface area (Å²) in [6.45, 7) is 1.03. The number of aliphatic carboxylic acids is 1. The van der Waals surface area contributed by atoms with Crippen LogP contribution in [0.25, 0.3) is 0 Å². The lowest BCUT2D eigenvalue weighted by Crippen LogP contribution is -2.42. The third-order valence-electron chi connectivity index (χ3n) is 5.96. The van der Waals surface area contributed by atoms with Gasteiger partial charge in [0.2, 0.25) is 0 Å². The molecule has 0 aromatic rings. The normalized spacial score (nSPS) is 42.4. The lowest BCUT2D eigenvalue weighted by Gasteiger charge is -2.23. The number of carbonyl (C=O) groups is 2. The van der Waals surface area contributed by atoms with Crippen molar-refractivity contribution in [1.29, 1.82) is 0 Å². The van der Waals surface area contributed by atoms with E-state index in [0.717, 1.165) is 31.6 Å². The molecule has 5 nitrogen and oxygen atoms in total. The van der Waals surface area contributed by atoms with Crippen LogP contribution in [0.15, 0.2) is 0 Å². The van der Waals surface area contributed by atoms with Crippen LogP contribution in [0, 0.1) is 23.2 Å². The fourth-order valence-electron chi connectivity index (χ4n) is 4.47. The SMILES string of the molecule is O=C(N[C@@H]1C[C@H]1C1CC1)N1C[C@@H]2CCC[C@@]2(C(=O)O)C1. The zero-order valence-corrected chi connectivity index (χ0v) is 11.7. The second-order valence-electron chi connectivity index (χ2n) is 7.22. The van der Waals surface area contributed by atoms with E-state index in [-0.39, 0.29) is 11.9 Å². The Hall–Kier alpha value is -1.26. The van der Waals surface area contributed by atoms with Crippen molar-refractivity contribution >= 4 is 12.0 Å². The highest BCUT2D eigenvalue weighted by molar-refractivity contribution is 5.80. The number of carboxylic acids is 1. The van der Waals surface area contributed by atoms with E-state index in [0.29, 0.717) is 25.0 Å². The smallest absolute Gasteiger partial charge is 0.317 e. The minimum Gasteiger partial charge on any atom is -0.481 e. The number of urea groups is 1. The minimum absolute atomic E-state index is 0.0341. The van der Waals surface area contributed by atoms with Crippen LogP contribution in [-0.2, 0) is 4.79 Å². The molecule has 0 bridgehead atoms. The molecule has 1 aliphatic heterocycles. The van der Waals surface area contributed by atoms with E-state index in [4.69, 9.17) is 0 Å². The maximum Gasteiger partial charge on any atom is 0.317 e. The number of amides is 2. The molecule has 0 spiro atoms. The molecular weight excluding hydrogens is 256 g/mol. The molecule has 110 valence electrons. The van der Waals surface area contributed by atoms with E-state index in [9.17, 15) is 14.7 Å². The van der Waals surface area contributed by atoms with Gasteiger partial charge < -0.3 is 15.3 Å². The first-order chi connectivity index (χ1) is 9.60. The van der Waals surface area contributed by atoms with Crippen LogP contribution in [0.3, 0.4) is 0 Å². The summed E-state index contributed by atoms with van der Waals surface area (Å²) in [5, 5.41) is 12.6. The summed E-state index contributed by atoms with van der Waals surface area (Å²) in [6.07, 6.45) is 6.43. The summed E-state index contributed by atoms with van der Waals surface area (Å²) in [4.78, 5) is 25.7. The molecule has 4 atom stereocenters. The average Bonchev–Trinajstić information content (AvgIpc) is 3.26. The topological polar surface area (TPSA) is 69.6 Å². The van der Waals surface area contributed by atoms with E-state index in [1.54, 1.807) is 4.90 Å². The van der Waals surface area contributed by atoms with E-state index in [1.807, 2.05) is 0 Å². The Labute approximate surface area is 118 Å². The predicted octanol–water partition coefficient (Wildman–Crippen LogP) is 1.68. The van der Waals surface area contributed by atoms with Crippen LogP contribution < -0.4 is 5.32 Å². The fourth-order valence-corrected chi connectivity index (χ4v) is 4.47. The number of hydrogen-bond donors (Lipinski definition) is 2. The van der Waals surface area contributed by atoms with E-state index in [2.05, 4.69) is 5.32 Å². The zero-order chi connectivity index (χ0) is 13.9. The molecule has 0 aromatic heterocycles. The largest absolute Gasteiger partial charge is 0.481 e. The molecule has 20 heavy (non-hydrogen) atoms. The number of nitrogens with zero attached hydrogens (tertiary/aromatic N) is 1. The molecule has 4 rings (SSSR count). The van der Waals surface area contributed by atoms with Crippen LogP contribution in [0.5, 0.6) is 0 Å². The van der Waals surface area contributed by atoms with Gasteiger partial charge in [0.15, 0.2) is 0 Å². The van der Waals surface area contributed by atoms with Gasteiger partial charge in [-0.1, -0.05) is 6.42 Å². The van der Waals surface area contributed by atoms with Crippen LogP contribution in [0.2, 0.25) is 0 Å². The number of carboxylic acid groups (broad SMARTS) is 1. The van der Waals surface area contributed by atoms with Gasteiger partial charge in [-0.15, -0.1) is 0 Å². The van der Waals surface area contributed by atoms with Crippen LogP contribution in [-0.4, -0.2) is 41.1 Å². The molecule has 3 saturated carbocycles. The highest BCUT2D eigenvalue weighted by Gasteiger charge is 2.56. The van der Waals surface area contributed by atoms with E-state index in [1.165, 1.54) is 12.8 Å². The third kappa shape index (κ3) is 1.82. The molecule has 4 aliphatic rings. The zero-order valence-electron chi connectivity index (χ0n) is 11.7. The van der Waals surface area contributed by atoms with Crippen molar-refractivity contribution < 1.29 is 14.7 Å². The van der Waals surface area contributed by atoms with Gasteiger partial charge in [-0.05, 0) is 49.9 Å². The first-order valence-electron chi connectivity index (χ1n) is 7.89. The molecular formula is C15H22N2O3. The Morgan fingerprint density at radius 1 is 1.25 bits per heavy atom. The van der Waals surface area contributed by atoms with Crippen LogP contribution in [0.1, 0.15) is 38.5 Å². The molecule has 2 amide bonds. The summed E-state index contributed by atoms with van der Waals surface area (Å²) in [6, 6.07) is 0.324. The number of hydrogen-bond acceptors (Lipinski definition) is 2. The van der Waals surface area contributed by atoms with Gasteiger partial charge in [0.1, 0.15) is 0 Å². The summed E-state index contributed by atoms with van der Waals surface area (Å²) in [5.74, 6) is 1.000. The monoisotopic (exact) mass is 278 g/mol. The van der Waals surface area contributed by atoms with E-state index >= 15 is 0 Å². The maximum atomic E-state index is 12.3. The second kappa shape index (κ2) is 4.12. The van der Waals surface area contributed by atoms with Gasteiger partial charge in [0.05, 0.1) is 5.41 Å². The first-order valence-corrected chi connectivity index (χ1v) is 7.89. The van der Waals surface area contributed by atoms with Crippen molar-refractivity contribution in [2.45, 2.75) is 44.6 Å². The quantitative estimate of drug-likeness (QED) is 0.825. The van der Waals surface area contributed by atoms with Crippen molar-refractivity contribution in [2.75, 3.05) is 13.1 Å². The highest BCUT2D eigenvalue weighted by atomic mass is 16.4. The summed E-state index contributed by atoms with van der Waals surface area (Å²) >= 11 is 0. The predicted molar refractivity (Wildman–Crippen MR) is 72.1 cm³/mol. The van der Waals surface area contributed by atoms with Gasteiger partial charge in [-0.3, -0.25) is 4.79 Å². The number of likely N-dealkylation sites (tertiary alicyclic amines) is 1. The Morgan fingerprint density at radius 3 is 2.70 bits per heavy atom. The van der Waals surface area contributed by atoms with Gasteiger partial charge in [0, 0.05) is 19.1 Å². The molecule has 2 N–H and O–H groups in total. The van der Waals surface area contributed by atoms with Crippen LogP contribution in [0.4, 0.5) is 4.79 Å². The van der Waals surface area contributed by atoms with Gasteiger partial charge in [-0.25, -0.2) is 4.79 Å². The average molecular weight is 278 g/mol. The Kier molecular flexibility index (Phi) is 2.57. The molecule has 0 aromatic carbocycles. The molecule has 3 aliphatic carbocycles. The minimum atomic E-state index is -0.711. The van der Waals surface area contributed by atoms with Crippen molar-refractivity contribution in [3.05, 3.63) is 0 Å².